The maximum atomic E-state index is 12.0. The lowest BCUT2D eigenvalue weighted by Gasteiger charge is -2.14. The lowest BCUT2D eigenvalue weighted by Crippen LogP contribution is -2.38. The van der Waals surface area contributed by atoms with Crippen LogP contribution in [-0.2, 0) is 4.79 Å². The van der Waals surface area contributed by atoms with Crippen LogP contribution in [0.4, 0.5) is 0 Å². The van der Waals surface area contributed by atoms with Crippen molar-refractivity contribution in [2.24, 2.45) is 0 Å². The first kappa shape index (κ1) is 14.1. The number of hydrogen-bond acceptors (Lipinski definition) is 3. The van der Waals surface area contributed by atoms with Crippen molar-refractivity contribution in [1.82, 2.24) is 10.6 Å². The number of benzene rings is 1. The Morgan fingerprint density at radius 2 is 2.10 bits per heavy atom. The van der Waals surface area contributed by atoms with Gasteiger partial charge in [0.25, 0.3) is 0 Å². The molecule has 0 radical (unpaired) electrons. The zero-order valence-electron chi connectivity index (χ0n) is 12.4. The highest BCUT2D eigenvalue weighted by Crippen LogP contribution is 2.23. The molecule has 1 amide bonds. The minimum atomic E-state index is -0.115. The van der Waals surface area contributed by atoms with Crippen molar-refractivity contribution in [2.75, 3.05) is 6.54 Å². The van der Waals surface area contributed by atoms with E-state index in [-0.39, 0.29) is 11.9 Å². The standard InChI is InChI=1S/C17H22N2O2/c1-12(16-10-13-6-2-5-9-15(13)21-16)19-17(20)11-18-14-7-3-4-8-14/h2,5-6,9-10,12,14,18H,3-4,7-8,11H2,1H3,(H,19,20). The maximum Gasteiger partial charge on any atom is 0.234 e. The number of rotatable bonds is 5. The predicted molar refractivity (Wildman–Crippen MR) is 83.0 cm³/mol. The second kappa shape index (κ2) is 6.31. The fraction of sp³-hybridized carbons (Fsp3) is 0.471. The summed E-state index contributed by atoms with van der Waals surface area (Å²) in [6.07, 6.45) is 4.92. The zero-order valence-corrected chi connectivity index (χ0v) is 12.4. The van der Waals surface area contributed by atoms with Crippen LogP contribution in [0.1, 0.15) is 44.4 Å². The minimum Gasteiger partial charge on any atom is -0.459 e. The molecule has 1 heterocycles. The molecule has 4 heteroatoms. The van der Waals surface area contributed by atoms with Crippen molar-refractivity contribution in [1.29, 1.82) is 0 Å². The van der Waals surface area contributed by atoms with Crippen LogP contribution in [0.25, 0.3) is 11.0 Å². The van der Waals surface area contributed by atoms with Crippen molar-refractivity contribution in [3.63, 3.8) is 0 Å². The second-order valence-corrected chi connectivity index (χ2v) is 5.84. The smallest absolute Gasteiger partial charge is 0.234 e. The molecule has 1 fully saturated rings. The van der Waals surface area contributed by atoms with E-state index in [9.17, 15) is 4.79 Å². The normalized spacial score (nSPS) is 17.2. The third-order valence-electron chi connectivity index (χ3n) is 4.16. The number of furan rings is 1. The summed E-state index contributed by atoms with van der Waals surface area (Å²) in [6, 6.07) is 10.3. The second-order valence-electron chi connectivity index (χ2n) is 5.84. The zero-order chi connectivity index (χ0) is 14.7. The molecular weight excluding hydrogens is 264 g/mol. The molecule has 1 aliphatic rings. The Kier molecular flexibility index (Phi) is 4.25. The van der Waals surface area contributed by atoms with Gasteiger partial charge in [0.1, 0.15) is 11.3 Å². The Bertz CT molecular complexity index is 581. The molecule has 1 aliphatic carbocycles. The van der Waals surface area contributed by atoms with Crippen molar-refractivity contribution in [3.8, 4) is 0 Å². The van der Waals surface area contributed by atoms with Gasteiger partial charge in [-0.2, -0.15) is 0 Å². The first-order valence-electron chi connectivity index (χ1n) is 7.73. The van der Waals surface area contributed by atoms with Gasteiger partial charge in [0.05, 0.1) is 12.6 Å². The molecule has 1 aromatic heterocycles. The first-order valence-corrected chi connectivity index (χ1v) is 7.73. The summed E-state index contributed by atoms with van der Waals surface area (Å²) in [5.41, 5.74) is 0.859. The number of fused-ring (bicyclic) bond motifs is 1. The van der Waals surface area contributed by atoms with Gasteiger partial charge < -0.3 is 15.1 Å². The summed E-state index contributed by atoms with van der Waals surface area (Å²) in [5, 5.41) is 7.38. The van der Waals surface area contributed by atoms with Gasteiger partial charge in [0, 0.05) is 11.4 Å². The average molecular weight is 286 g/mol. The van der Waals surface area contributed by atoms with E-state index < -0.39 is 0 Å². The highest BCUT2D eigenvalue weighted by Gasteiger charge is 2.17. The summed E-state index contributed by atoms with van der Waals surface area (Å²) in [6.45, 7) is 2.33. The third-order valence-corrected chi connectivity index (χ3v) is 4.16. The van der Waals surface area contributed by atoms with Gasteiger partial charge in [-0.25, -0.2) is 0 Å². The number of amides is 1. The molecule has 0 bridgehead atoms. The quantitative estimate of drug-likeness (QED) is 0.888. The van der Waals surface area contributed by atoms with E-state index in [4.69, 9.17) is 4.42 Å². The largest absolute Gasteiger partial charge is 0.459 e. The lowest BCUT2D eigenvalue weighted by atomic mass is 10.2. The topological polar surface area (TPSA) is 54.3 Å². The van der Waals surface area contributed by atoms with Crippen LogP contribution in [0.2, 0.25) is 0 Å². The number of carbonyl (C=O) groups excluding carboxylic acids is 1. The van der Waals surface area contributed by atoms with E-state index in [1.54, 1.807) is 0 Å². The highest BCUT2D eigenvalue weighted by atomic mass is 16.3. The van der Waals surface area contributed by atoms with Crippen molar-refractivity contribution < 1.29 is 9.21 Å². The molecule has 1 unspecified atom stereocenters. The van der Waals surface area contributed by atoms with Crippen molar-refractivity contribution >= 4 is 16.9 Å². The van der Waals surface area contributed by atoms with Gasteiger partial charge in [0.2, 0.25) is 5.91 Å². The third kappa shape index (κ3) is 3.45. The molecule has 0 saturated heterocycles. The molecule has 1 aromatic carbocycles. The average Bonchev–Trinajstić information content (AvgIpc) is 3.14. The molecule has 21 heavy (non-hydrogen) atoms. The van der Waals surface area contributed by atoms with E-state index in [1.165, 1.54) is 25.7 Å². The van der Waals surface area contributed by atoms with E-state index >= 15 is 0 Å². The van der Waals surface area contributed by atoms with Gasteiger partial charge in [-0.15, -0.1) is 0 Å². The Morgan fingerprint density at radius 1 is 1.33 bits per heavy atom. The SMILES string of the molecule is CC(NC(=O)CNC1CCCC1)c1cc2ccccc2o1. The molecule has 0 spiro atoms. The molecule has 2 aromatic rings. The van der Waals surface area contributed by atoms with Crippen LogP contribution in [0.5, 0.6) is 0 Å². The lowest BCUT2D eigenvalue weighted by molar-refractivity contribution is -0.121. The Balaban J connectivity index is 1.54. The van der Waals surface area contributed by atoms with Gasteiger partial charge >= 0.3 is 0 Å². The van der Waals surface area contributed by atoms with Crippen LogP contribution in [-0.4, -0.2) is 18.5 Å². The summed E-state index contributed by atoms with van der Waals surface area (Å²) < 4.78 is 5.77. The van der Waals surface area contributed by atoms with Crippen molar-refractivity contribution in [3.05, 3.63) is 36.1 Å². The summed E-state index contributed by atoms with van der Waals surface area (Å²) in [4.78, 5) is 12.0. The Labute approximate surface area is 124 Å². The van der Waals surface area contributed by atoms with Crippen LogP contribution in [0.3, 0.4) is 0 Å². The predicted octanol–water partition coefficient (Wildman–Crippen LogP) is 3.14. The number of para-hydroxylation sites is 1. The van der Waals surface area contributed by atoms with E-state index in [1.807, 2.05) is 37.3 Å². The van der Waals surface area contributed by atoms with Gasteiger partial charge in [0.15, 0.2) is 0 Å². The van der Waals surface area contributed by atoms with E-state index in [0.29, 0.717) is 12.6 Å². The molecule has 112 valence electrons. The minimum absolute atomic E-state index is 0.0230. The number of hydrogen-bond donors (Lipinski definition) is 2. The van der Waals surface area contributed by atoms with E-state index in [2.05, 4.69) is 10.6 Å². The monoisotopic (exact) mass is 286 g/mol. The Hall–Kier alpha value is -1.81. The van der Waals surface area contributed by atoms with Crippen LogP contribution < -0.4 is 10.6 Å². The van der Waals surface area contributed by atoms with Gasteiger partial charge in [-0.3, -0.25) is 4.79 Å². The van der Waals surface area contributed by atoms with Gasteiger partial charge in [-0.05, 0) is 31.9 Å². The molecule has 1 atom stereocenters. The fourth-order valence-corrected chi connectivity index (χ4v) is 2.95. The van der Waals surface area contributed by atoms with Crippen LogP contribution in [0, 0.1) is 0 Å². The molecule has 4 nitrogen and oxygen atoms in total. The first-order chi connectivity index (χ1) is 10.2. The molecule has 0 aliphatic heterocycles. The Morgan fingerprint density at radius 3 is 2.86 bits per heavy atom. The fourth-order valence-electron chi connectivity index (χ4n) is 2.95. The molecule has 2 N–H and O–H groups in total. The van der Waals surface area contributed by atoms with Crippen LogP contribution in [0.15, 0.2) is 34.7 Å². The summed E-state index contributed by atoms with van der Waals surface area (Å²) in [5.74, 6) is 0.820. The molecule has 1 saturated carbocycles. The number of nitrogens with one attached hydrogen (secondary N) is 2. The molecular formula is C17H22N2O2. The summed E-state index contributed by atoms with van der Waals surface area (Å²) >= 11 is 0. The highest BCUT2D eigenvalue weighted by molar-refractivity contribution is 5.80. The van der Waals surface area contributed by atoms with E-state index in [0.717, 1.165) is 16.7 Å². The summed E-state index contributed by atoms with van der Waals surface area (Å²) in [7, 11) is 0. The molecule has 3 rings (SSSR count). The van der Waals surface area contributed by atoms with Gasteiger partial charge in [-0.1, -0.05) is 31.0 Å². The maximum absolute atomic E-state index is 12.0. The number of carbonyl (C=O) groups is 1. The van der Waals surface area contributed by atoms with Crippen molar-refractivity contribution in [2.45, 2.75) is 44.7 Å². The van der Waals surface area contributed by atoms with Crippen LogP contribution >= 0.6 is 0 Å².